The smallest absolute Gasteiger partial charge is 0.462 e. The van der Waals surface area contributed by atoms with Crippen LogP contribution >= 0.6 is 7.82 Å². The van der Waals surface area contributed by atoms with Crippen molar-refractivity contribution >= 4 is 19.8 Å². The van der Waals surface area contributed by atoms with E-state index in [2.05, 4.69) is 184 Å². The summed E-state index contributed by atoms with van der Waals surface area (Å²) in [6.45, 7) is 4.02. The van der Waals surface area contributed by atoms with Crippen LogP contribution in [0.2, 0.25) is 0 Å². The van der Waals surface area contributed by atoms with Crippen molar-refractivity contribution in [2.75, 3.05) is 47.5 Å². The molecule has 74 heavy (non-hydrogen) atoms. The number of phosphoric acid groups is 1. The lowest BCUT2D eigenvalue weighted by Gasteiger charge is -2.24. The van der Waals surface area contributed by atoms with E-state index in [0.29, 0.717) is 23.9 Å². The standard InChI is InChI=1S/C64H98NO8P/c1-6-8-10-12-14-16-18-20-21-22-23-24-25-26-27-28-29-30-31-32-33-34-35-36-37-38-39-40-41-42-43-45-47-49-51-53-55-57-64(67)73-62(61-72-74(68,69)71-59-58-65(3,4)5)60-70-63(66)56-54-52-50-48-46-44-19-17-15-13-11-9-7-2/h8-11,14-17,20-21,23-24,26-27,29-30,32-33,35-36,38-39,41-42,44-47,50,52,62H,6-7,12-13,18-19,22,25,28,31,34,37,40,43,48-49,51,53-61H2,1-5H3/p+1/b10-8-,11-9-,16-14-,17-15-,21-20-,24-23-,27-26-,30-29-,33-32-,36-35-,39-38-,42-41-,46-44-,47-45-,52-50-. The molecule has 0 aromatic carbocycles. The number of likely N-dealkylation sites (N-methyl/N-ethyl adjacent to an activating group) is 1. The molecule has 1 N–H and O–H groups in total. The first kappa shape index (κ1) is 69.1. The number of rotatable bonds is 47. The number of unbranched alkanes of at least 4 members (excludes halogenated alkanes) is 3. The highest BCUT2D eigenvalue weighted by molar-refractivity contribution is 7.47. The average Bonchev–Trinajstić information content (AvgIpc) is 3.36. The molecule has 2 unspecified atom stereocenters. The summed E-state index contributed by atoms with van der Waals surface area (Å²) in [5, 5.41) is 0. The van der Waals surface area contributed by atoms with Crippen molar-refractivity contribution < 1.29 is 42.1 Å². The van der Waals surface area contributed by atoms with E-state index < -0.39 is 32.5 Å². The number of carbonyl (C=O) groups excluding carboxylic acids is 2. The van der Waals surface area contributed by atoms with E-state index in [9.17, 15) is 19.0 Å². The summed E-state index contributed by atoms with van der Waals surface area (Å²) in [5.74, 6) is -0.952. The van der Waals surface area contributed by atoms with Crippen molar-refractivity contribution in [1.82, 2.24) is 0 Å². The van der Waals surface area contributed by atoms with Crippen LogP contribution in [0.15, 0.2) is 182 Å². The van der Waals surface area contributed by atoms with Crippen molar-refractivity contribution in [2.24, 2.45) is 0 Å². The van der Waals surface area contributed by atoms with E-state index in [-0.39, 0.29) is 26.1 Å². The second-order valence-electron chi connectivity index (χ2n) is 18.5. The third kappa shape index (κ3) is 56.4. The fourth-order valence-corrected chi connectivity index (χ4v) is 7.01. The molecule has 2 atom stereocenters. The molecular formula is C64H99NO8P+. The Balaban J connectivity index is 4.30. The molecule has 0 aliphatic rings. The fourth-order valence-electron chi connectivity index (χ4n) is 6.27. The van der Waals surface area contributed by atoms with Gasteiger partial charge >= 0.3 is 19.8 Å². The number of hydrogen-bond acceptors (Lipinski definition) is 7. The Hall–Kier alpha value is -4.89. The van der Waals surface area contributed by atoms with Gasteiger partial charge in [0.2, 0.25) is 0 Å². The molecule has 0 aromatic heterocycles. The Morgan fingerprint density at radius 1 is 0.419 bits per heavy atom. The first-order valence-corrected chi connectivity index (χ1v) is 29.0. The molecule has 0 amide bonds. The maximum atomic E-state index is 12.8. The summed E-state index contributed by atoms with van der Waals surface area (Å²) in [6, 6.07) is 0. The molecule has 0 heterocycles. The molecule has 0 bridgehead atoms. The predicted molar refractivity (Wildman–Crippen MR) is 315 cm³/mol. The molecule has 0 saturated carbocycles. The third-order valence-electron chi connectivity index (χ3n) is 10.4. The van der Waals surface area contributed by atoms with Gasteiger partial charge in [-0.1, -0.05) is 203 Å². The Morgan fingerprint density at radius 3 is 1.11 bits per heavy atom. The number of ether oxygens (including phenoxy) is 2. The number of phosphoric ester groups is 1. The minimum atomic E-state index is -4.42. The van der Waals surface area contributed by atoms with Crippen LogP contribution in [-0.2, 0) is 32.7 Å². The molecule has 0 saturated heterocycles. The van der Waals surface area contributed by atoms with Gasteiger partial charge < -0.3 is 18.9 Å². The average molecular weight is 1040 g/mol. The summed E-state index contributed by atoms with van der Waals surface area (Å²) < 4.78 is 34.3. The third-order valence-corrected chi connectivity index (χ3v) is 11.4. The van der Waals surface area contributed by atoms with Gasteiger partial charge in [-0.3, -0.25) is 18.6 Å². The normalized spacial score (nSPS) is 14.7. The van der Waals surface area contributed by atoms with Gasteiger partial charge in [0, 0.05) is 12.8 Å². The van der Waals surface area contributed by atoms with Crippen molar-refractivity contribution in [2.45, 2.75) is 161 Å². The van der Waals surface area contributed by atoms with Crippen LogP contribution in [-0.4, -0.2) is 74.9 Å². The molecule has 0 aliphatic carbocycles. The SMILES string of the molecule is CC/C=C\C/C=C\C/C=C\C/C=C\C/C=C\C/C=C\C/C=C\C/C=C\C/C=C\C/C=C\C/C=C\CCCCCC(=O)OC(COC(=O)CC/C=C\C/C=C\C/C=C\C/C=C\CC)COP(=O)(O)OCC[N+](C)(C)C. The van der Waals surface area contributed by atoms with Gasteiger partial charge in [-0.15, -0.1) is 0 Å². The van der Waals surface area contributed by atoms with Gasteiger partial charge in [0.25, 0.3) is 0 Å². The van der Waals surface area contributed by atoms with Crippen LogP contribution in [0.4, 0.5) is 0 Å². The van der Waals surface area contributed by atoms with E-state index in [1.807, 2.05) is 33.3 Å². The number of nitrogens with zero attached hydrogens (tertiary/aromatic N) is 1. The van der Waals surface area contributed by atoms with Gasteiger partial charge in [0.1, 0.15) is 19.8 Å². The molecule has 0 spiro atoms. The summed E-state index contributed by atoms with van der Waals surface area (Å²) >= 11 is 0. The largest absolute Gasteiger partial charge is 0.472 e. The Labute approximate surface area is 450 Å². The lowest BCUT2D eigenvalue weighted by Crippen LogP contribution is -2.37. The number of quaternary nitrogens is 1. The molecule has 0 radical (unpaired) electrons. The zero-order valence-corrected chi connectivity index (χ0v) is 47.4. The second-order valence-corrected chi connectivity index (χ2v) is 19.9. The van der Waals surface area contributed by atoms with Crippen molar-refractivity contribution in [3.8, 4) is 0 Å². The van der Waals surface area contributed by atoms with E-state index >= 15 is 0 Å². The lowest BCUT2D eigenvalue weighted by atomic mass is 10.1. The highest BCUT2D eigenvalue weighted by Gasteiger charge is 2.27. The monoisotopic (exact) mass is 1040 g/mol. The molecule has 0 rings (SSSR count). The fraction of sp³-hybridized carbons (Fsp3) is 0.500. The van der Waals surface area contributed by atoms with Gasteiger partial charge in [-0.2, -0.15) is 0 Å². The Bertz CT molecular complexity index is 1900. The number of carbonyl (C=O) groups is 2. The Morgan fingerprint density at radius 2 is 0.757 bits per heavy atom. The maximum Gasteiger partial charge on any atom is 0.472 e. The molecule has 9 nitrogen and oxygen atoms in total. The van der Waals surface area contributed by atoms with Crippen LogP contribution in [0.3, 0.4) is 0 Å². The topological polar surface area (TPSA) is 108 Å². The van der Waals surface area contributed by atoms with Crippen LogP contribution in [0.25, 0.3) is 0 Å². The zero-order valence-electron chi connectivity index (χ0n) is 46.5. The van der Waals surface area contributed by atoms with Gasteiger partial charge in [-0.05, 0) is 122 Å². The second kappa shape index (κ2) is 53.0. The highest BCUT2D eigenvalue weighted by Crippen LogP contribution is 2.43. The summed E-state index contributed by atoms with van der Waals surface area (Å²) in [5.41, 5.74) is 0. The van der Waals surface area contributed by atoms with Gasteiger partial charge in [0.15, 0.2) is 6.10 Å². The molecular weight excluding hydrogens is 942 g/mol. The molecule has 0 aromatic rings. The maximum absolute atomic E-state index is 12.8. The van der Waals surface area contributed by atoms with E-state index in [1.165, 1.54) is 0 Å². The van der Waals surface area contributed by atoms with Gasteiger partial charge in [0.05, 0.1) is 27.7 Å². The number of hydrogen-bond donors (Lipinski definition) is 1. The van der Waals surface area contributed by atoms with Gasteiger partial charge in [-0.25, -0.2) is 4.57 Å². The van der Waals surface area contributed by atoms with Crippen LogP contribution in [0.5, 0.6) is 0 Å². The molecule has 412 valence electrons. The Kier molecular flexibility index (Phi) is 49.5. The summed E-state index contributed by atoms with van der Waals surface area (Å²) in [7, 11) is 1.38. The first-order chi connectivity index (χ1) is 36.0. The van der Waals surface area contributed by atoms with Crippen molar-refractivity contribution in [1.29, 1.82) is 0 Å². The van der Waals surface area contributed by atoms with Crippen LogP contribution < -0.4 is 0 Å². The molecule has 0 aliphatic heterocycles. The van der Waals surface area contributed by atoms with Crippen molar-refractivity contribution in [3.63, 3.8) is 0 Å². The van der Waals surface area contributed by atoms with E-state index in [4.69, 9.17) is 18.5 Å². The lowest BCUT2D eigenvalue weighted by molar-refractivity contribution is -0.870. The van der Waals surface area contributed by atoms with E-state index in [1.54, 1.807) is 0 Å². The van der Waals surface area contributed by atoms with E-state index in [0.717, 1.165) is 116 Å². The predicted octanol–water partition coefficient (Wildman–Crippen LogP) is 17.2. The highest BCUT2D eigenvalue weighted by atomic mass is 31.2. The molecule has 10 heteroatoms. The summed E-state index contributed by atoms with van der Waals surface area (Å²) in [4.78, 5) is 35.5. The minimum Gasteiger partial charge on any atom is -0.462 e. The summed E-state index contributed by atoms with van der Waals surface area (Å²) in [6.07, 6.45) is 82.8. The van der Waals surface area contributed by atoms with Crippen LogP contribution in [0, 0.1) is 0 Å². The quantitative estimate of drug-likeness (QED) is 0.0211. The van der Waals surface area contributed by atoms with Crippen LogP contribution in [0.1, 0.15) is 155 Å². The number of allylic oxidation sites excluding steroid dienone is 30. The molecule has 0 fully saturated rings. The number of esters is 2. The first-order valence-electron chi connectivity index (χ1n) is 27.5. The minimum absolute atomic E-state index is 0.00329. The van der Waals surface area contributed by atoms with Crippen molar-refractivity contribution in [3.05, 3.63) is 182 Å². The zero-order chi connectivity index (χ0) is 54.2.